The topological polar surface area (TPSA) is 89.7 Å². The Kier molecular flexibility index (Phi) is 3.18. The first-order valence-electron chi connectivity index (χ1n) is 5.64. The zero-order valence-electron chi connectivity index (χ0n) is 9.88. The maximum atomic E-state index is 10.9. The maximum Gasteiger partial charge on any atom is 0.336 e. The van der Waals surface area contributed by atoms with Crippen LogP contribution in [-0.2, 0) is 0 Å². The Balaban J connectivity index is 2.34. The number of aromatic carboxylic acids is 1. The summed E-state index contributed by atoms with van der Waals surface area (Å²) in [5.74, 6) is -0.417. The van der Waals surface area contributed by atoms with Crippen molar-refractivity contribution in [3.8, 4) is 5.75 Å². The van der Waals surface area contributed by atoms with Gasteiger partial charge in [-0.25, -0.2) is 4.79 Å². The summed E-state index contributed by atoms with van der Waals surface area (Å²) < 4.78 is 5.47. The van der Waals surface area contributed by atoms with Crippen molar-refractivity contribution >= 4 is 11.7 Å². The van der Waals surface area contributed by atoms with Crippen LogP contribution in [0.5, 0.6) is 5.75 Å². The molecule has 0 aliphatic heterocycles. The van der Waals surface area contributed by atoms with Crippen LogP contribution in [0.15, 0.2) is 12.1 Å². The number of carboxylic acids is 1. The predicted octanol–water partition coefficient (Wildman–Crippen LogP) is 2.39. The molecule has 1 N–H and O–H groups in total. The molecule has 0 bridgehead atoms. The van der Waals surface area contributed by atoms with Gasteiger partial charge in [0.05, 0.1) is 22.7 Å². The maximum absolute atomic E-state index is 10.9. The quantitative estimate of drug-likeness (QED) is 0.641. The van der Waals surface area contributed by atoms with Crippen LogP contribution in [0.3, 0.4) is 0 Å². The average molecular weight is 251 g/mol. The van der Waals surface area contributed by atoms with Gasteiger partial charge >= 0.3 is 5.97 Å². The second-order valence-corrected chi connectivity index (χ2v) is 4.44. The average Bonchev–Trinajstić information content (AvgIpc) is 3.10. The predicted molar refractivity (Wildman–Crippen MR) is 63.0 cm³/mol. The lowest BCUT2D eigenvalue weighted by atomic mass is 10.1. The third kappa shape index (κ3) is 2.58. The van der Waals surface area contributed by atoms with E-state index in [1.165, 1.54) is 6.07 Å². The van der Waals surface area contributed by atoms with Crippen LogP contribution >= 0.6 is 0 Å². The van der Waals surface area contributed by atoms with Gasteiger partial charge in [-0.05, 0) is 31.7 Å². The highest BCUT2D eigenvalue weighted by Crippen LogP contribution is 2.33. The van der Waals surface area contributed by atoms with Crippen LogP contribution in [0.25, 0.3) is 0 Å². The zero-order chi connectivity index (χ0) is 13.3. The second-order valence-electron chi connectivity index (χ2n) is 4.44. The van der Waals surface area contributed by atoms with Crippen LogP contribution < -0.4 is 4.74 Å². The van der Waals surface area contributed by atoms with Crippen molar-refractivity contribution < 1.29 is 19.6 Å². The molecule has 2 rings (SSSR count). The van der Waals surface area contributed by atoms with Gasteiger partial charge in [-0.15, -0.1) is 0 Å². The molecule has 1 saturated carbocycles. The number of nitrogens with zero attached hydrogens (tertiary/aromatic N) is 1. The Bertz CT molecular complexity index is 507. The zero-order valence-corrected chi connectivity index (χ0v) is 9.88. The number of hydrogen-bond acceptors (Lipinski definition) is 4. The molecular weight excluding hydrogens is 238 g/mol. The molecule has 0 radical (unpaired) electrons. The van der Waals surface area contributed by atoms with Crippen molar-refractivity contribution in [3.63, 3.8) is 0 Å². The molecule has 0 amide bonds. The molecule has 18 heavy (non-hydrogen) atoms. The minimum Gasteiger partial charge on any atom is -0.493 e. The number of nitro groups is 1. The molecule has 0 unspecified atom stereocenters. The van der Waals surface area contributed by atoms with E-state index in [-0.39, 0.29) is 17.0 Å². The van der Waals surface area contributed by atoms with E-state index in [4.69, 9.17) is 9.84 Å². The van der Waals surface area contributed by atoms with Gasteiger partial charge in [-0.3, -0.25) is 10.1 Å². The summed E-state index contributed by atoms with van der Waals surface area (Å²) in [6.45, 7) is 2.05. The van der Waals surface area contributed by atoms with E-state index in [2.05, 4.69) is 0 Å². The normalized spacial score (nSPS) is 14.3. The number of rotatable bonds is 5. The van der Waals surface area contributed by atoms with Gasteiger partial charge in [0.15, 0.2) is 0 Å². The minimum atomic E-state index is -1.20. The monoisotopic (exact) mass is 251 g/mol. The largest absolute Gasteiger partial charge is 0.493 e. The Morgan fingerprint density at radius 1 is 1.56 bits per heavy atom. The molecule has 1 aromatic rings. The second kappa shape index (κ2) is 4.64. The van der Waals surface area contributed by atoms with Crippen molar-refractivity contribution in [1.29, 1.82) is 0 Å². The summed E-state index contributed by atoms with van der Waals surface area (Å²) in [5.41, 5.74) is 0.0180. The Morgan fingerprint density at radius 2 is 2.22 bits per heavy atom. The first kappa shape index (κ1) is 12.3. The number of ether oxygens (including phenoxy) is 1. The third-order valence-corrected chi connectivity index (χ3v) is 2.95. The Morgan fingerprint density at radius 3 is 2.72 bits per heavy atom. The van der Waals surface area contributed by atoms with Crippen LogP contribution in [0, 0.1) is 23.0 Å². The first-order valence-corrected chi connectivity index (χ1v) is 5.64. The van der Waals surface area contributed by atoms with Gasteiger partial charge in [-0.2, -0.15) is 0 Å². The molecule has 0 atom stereocenters. The smallest absolute Gasteiger partial charge is 0.336 e. The third-order valence-electron chi connectivity index (χ3n) is 2.95. The van der Waals surface area contributed by atoms with E-state index in [0.717, 1.165) is 18.9 Å². The van der Waals surface area contributed by atoms with Crippen LogP contribution in [0.4, 0.5) is 5.69 Å². The standard InChI is InChI=1S/C12H13NO5/c1-7-10(13(16)17)4-9(12(14)15)5-11(7)18-6-8-2-3-8/h4-5,8H,2-3,6H2,1H3,(H,14,15). The van der Waals surface area contributed by atoms with Crippen LogP contribution in [0.1, 0.15) is 28.8 Å². The number of benzene rings is 1. The van der Waals surface area contributed by atoms with Gasteiger partial charge in [0, 0.05) is 6.07 Å². The van der Waals surface area contributed by atoms with E-state index in [0.29, 0.717) is 18.1 Å². The summed E-state index contributed by atoms with van der Waals surface area (Å²) in [7, 11) is 0. The number of hydrogen-bond donors (Lipinski definition) is 1. The molecule has 0 spiro atoms. The van der Waals surface area contributed by atoms with E-state index < -0.39 is 10.9 Å². The number of nitro benzene ring substituents is 1. The lowest BCUT2D eigenvalue weighted by Gasteiger charge is -2.09. The minimum absolute atomic E-state index is 0.127. The molecule has 1 aliphatic carbocycles. The van der Waals surface area contributed by atoms with Gasteiger partial charge in [0.25, 0.3) is 5.69 Å². The summed E-state index contributed by atoms with van der Waals surface area (Å²) in [6.07, 6.45) is 2.19. The highest BCUT2D eigenvalue weighted by molar-refractivity contribution is 5.89. The van der Waals surface area contributed by atoms with Crippen LogP contribution in [-0.4, -0.2) is 22.6 Å². The lowest BCUT2D eigenvalue weighted by molar-refractivity contribution is -0.385. The highest BCUT2D eigenvalue weighted by atomic mass is 16.6. The molecule has 0 saturated heterocycles. The van der Waals surface area contributed by atoms with Crippen molar-refractivity contribution in [3.05, 3.63) is 33.4 Å². The molecule has 6 heteroatoms. The van der Waals surface area contributed by atoms with Gasteiger partial charge < -0.3 is 9.84 Å². The van der Waals surface area contributed by atoms with Gasteiger partial charge in [-0.1, -0.05) is 0 Å². The molecule has 96 valence electrons. The molecular formula is C12H13NO5. The van der Waals surface area contributed by atoms with Crippen molar-refractivity contribution in [2.24, 2.45) is 5.92 Å². The molecule has 0 aromatic heterocycles. The van der Waals surface area contributed by atoms with Crippen LogP contribution in [0.2, 0.25) is 0 Å². The molecule has 0 heterocycles. The van der Waals surface area contributed by atoms with Crippen molar-refractivity contribution in [2.45, 2.75) is 19.8 Å². The summed E-state index contributed by atoms with van der Waals surface area (Å²) >= 11 is 0. The van der Waals surface area contributed by atoms with Crippen molar-refractivity contribution in [2.75, 3.05) is 6.61 Å². The fourth-order valence-electron chi connectivity index (χ4n) is 1.63. The molecule has 6 nitrogen and oxygen atoms in total. The number of carbonyl (C=O) groups is 1. The first-order chi connectivity index (χ1) is 8.49. The summed E-state index contributed by atoms with van der Waals surface area (Å²) in [4.78, 5) is 21.2. The molecule has 1 fully saturated rings. The summed E-state index contributed by atoms with van der Waals surface area (Å²) in [5, 5.41) is 19.8. The van der Waals surface area contributed by atoms with E-state index in [1.54, 1.807) is 6.92 Å². The van der Waals surface area contributed by atoms with E-state index >= 15 is 0 Å². The fraction of sp³-hybridized carbons (Fsp3) is 0.417. The Labute approximate surface area is 103 Å². The lowest BCUT2D eigenvalue weighted by Crippen LogP contribution is -2.05. The SMILES string of the molecule is Cc1c(OCC2CC2)cc(C(=O)O)cc1[N+](=O)[O-]. The summed E-state index contributed by atoms with van der Waals surface area (Å²) in [6, 6.07) is 2.40. The number of carboxylic acid groups (broad SMARTS) is 1. The van der Waals surface area contributed by atoms with Gasteiger partial charge in [0.2, 0.25) is 0 Å². The van der Waals surface area contributed by atoms with E-state index in [1.807, 2.05) is 0 Å². The Hall–Kier alpha value is -2.11. The fourth-order valence-corrected chi connectivity index (χ4v) is 1.63. The van der Waals surface area contributed by atoms with E-state index in [9.17, 15) is 14.9 Å². The highest BCUT2D eigenvalue weighted by Gasteiger charge is 2.24. The van der Waals surface area contributed by atoms with Crippen molar-refractivity contribution in [1.82, 2.24) is 0 Å². The van der Waals surface area contributed by atoms with Gasteiger partial charge in [0.1, 0.15) is 5.75 Å². The molecule has 1 aliphatic rings. The molecule has 1 aromatic carbocycles.